The number of aromatic nitrogens is 2. The summed E-state index contributed by atoms with van der Waals surface area (Å²) in [6.07, 6.45) is 1.50. The molecule has 0 bridgehead atoms. The normalized spacial score (nSPS) is 10.9. The lowest BCUT2D eigenvalue weighted by Gasteiger charge is -1.98. The molecule has 0 aliphatic rings. The molecular formula is C11H6N2O2. The van der Waals surface area contributed by atoms with Gasteiger partial charge in [-0.1, -0.05) is 12.1 Å². The minimum atomic E-state index is -0.139. The summed E-state index contributed by atoms with van der Waals surface area (Å²) >= 11 is 0. The predicted octanol–water partition coefficient (Wildman–Crippen LogP) is 1.74. The first-order valence-electron chi connectivity index (χ1n) is 4.49. The molecule has 0 saturated carbocycles. The van der Waals surface area contributed by atoms with Crippen LogP contribution in [0.5, 0.6) is 0 Å². The Morgan fingerprint density at radius 3 is 2.87 bits per heavy atom. The molecule has 1 aromatic carbocycles. The van der Waals surface area contributed by atoms with E-state index in [0.29, 0.717) is 16.6 Å². The van der Waals surface area contributed by atoms with Crippen molar-refractivity contribution in [2.45, 2.75) is 0 Å². The third-order valence-electron chi connectivity index (χ3n) is 2.25. The van der Waals surface area contributed by atoms with E-state index in [-0.39, 0.29) is 10.9 Å². The topological polar surface area (TPSA) is 56.0 Å². The number of fused-ring (bicyclic) bond motifs is 2. The van der Waals surface area contributed by atoms with Crippen LogP contribution in [0, 0.1) is 0 Å². The number of benzene rings is 1. The van der Waals surface area contributed by atoms with Crippen molar-refractivity contribution in [3.05, 3.63) is 46.8 Å². The molecule has 0 saturated heterocycles. The molecule has 72 valence electrons. The molecule has 0 unspecified atom stereocenters. The molecule has 0 amide bonds. The van der Waals surface area contributed by atoms with Crippen molar-refractivity contribution in [3.8, 4) is 0 Å². The van der Waals surface area contributed by atoms with Crippen molar-refractivity contribution in [2.24, 2.45) is 0 Å². The average molecular weight is 198 g/mol. The molecule has 0 spiro atoms. The molecule has 0 fully saturated rings. The van der Waals surface area contributed by atoms with Crippen LogP contribution in [0.2, 0.25) is 0 Å². The molecule has 15 heavy (non-hydrogen) atoms. The van der Waals surface area contributed by atoms with Crippen LogP contribution in [-0.2, 0) is 0 Å². The molecule has 2 heterocycles. The lowest BCUT2D eigenvalue weighted by atomic mass is 10.2. The van der Waals surface area contributed by atoms with Gasteiger partial charge in [0, 0.05) is 6.07 Å². The van der Waals surface area contributed by atoms with E-state index in [2.05, 4.69) is 10.2 Å². The van der Waals surface area contributed by atoms with Gasteiger partial charge in [-0.3, -0.25) is 4.79 Å². The fraction of sp³-hybridized carbons (Fsp3) is 0. The van der Waals surface area contributed by atoms with Crippen molar-refractivity contribution in [1.82, 2.24) is 10.2 Å². The standard InChI is InChI=1S/C11H6N2O2/c14-11-7-3-1-2-4-8(7)15-9-5-6-12-13-10(9)11/h1-6H. The fourth-order valence-corrected chi connectivity index (χ4v) is 1.55. The molecular weight excluding hydrogens is 192 g/mol. The first-order valence-corrected chi connectivity index (χ1v) is 4.49. The molecule has 4 heteroatoms. The van der Waals surface area contributed by atoms with Gasteiger partial charge in [0.25, 0.3) is 0 Å². The SMILES string of the molecule is O=c1c2ccccc2oc2ccnnc12. The zero-order valence-electron chi connectivity index (χ0n) is 7.68. The second-order valence-electron chi connectivity index (χ2n) is 3.17. The summed E-state index contributed by atoms with van der Waals surface area (Å²) in [4.78, 5) is 11.9. The molecule has 0 atom stereocenters. The summed E-state index contributed by atoms with van der Waals surface area (Å²) in [6, 6.07) is 8.73. The number of nitrogens with zero attached hydrogens (tertiary/aromatic N) is 2. The molecule has 0 aliphatic carbocycles. The Hall–Kier alpha value is -2.23. The minimum absolute atomic E-state index is 0.139. The van der Waals surface area contributed by atoms with E-state index in [1.54, 1.807) is 24.3 Å². The van der Waals surface area contributed by atoms with Crippen LogP contribution in [0.15, 0.2) is 45.7 Å². The van der Waals surface area contributed by atoms with Crippen LogP contribution >= 0.6 is 0 Å². The highest BCUT2D eigenvalue weighted by atomic mass is 16.3. The predicted molar refractivity (Wildman–Crippen MR) is 55.6 cm³/mol. The first-order chi connectivity index (χ1) is 7.36. The quantitative estimate of drug-likeness (QED) is 0.516. The summed E-state index contributed by atoms with van der Waals surface area (Å²) in [5, 5.41) is 7.98. The van der Waals surface area contributed by atoms with E-state index in [1.165, 1.54) is 6.20 Å². The average Bonchev–Trinajstić information content (AvgIpc) is 2.30. The number of hydrogen-bond acceptors (Lipinski definition) is 4. The molecule has 3 aromatic rings. The lowest BCUT2D eigenvalue weighted by Crippen LogP contribution is -2.04. The van der Waals surface area contributed by atoms with Crippen LogP contribution in [-0.4, -0.2) is 10.2 Å². The fourth-order valence-electron chi connectivity index (χ4n) is 1.55. The summed E-state index contributed by atoms with van der Waals surface area (Å²) in [5.41, 5.74) is 1.17. The number of hydrogen-bond donors (Lipinski definition) is 0. The van der Waals surface area contributed by atoms with E-state index >= 15 is 0 Å². The maximum atomic E-state index is 11.9. The highest BCUT2D eigenvalue weighted by Gasteiger charge is 2.07. The summed E-state index contributed by atoms with van der Waals surface area (Å²) < 4.78 is 5.52. The van der Waals surface area contributed by atoms with Crippen LogP contribution < -0.4 is 5.43 Å². The summed E-state index contributed by atoms with van der Waals surface area (Å²) in [5.74, 6) is 0. The van der Waals surface area contributed by atoms with E-state index in [0.717, 1.165) is 0 Å². The Morgan fingerprint density at radius 1 is 1.07 bits per heavy atom. The molecule has 2 aromatic heterocycles. The zero-order chi connectivity index (χ0) is 10.3. The number of rotatable bonds is 0. The smallest absolute Gasteiger partial charge is 0.220 e. The van der Waals surface area contributed by atoms with Gasteiger partial charge in [-0.15, -0.1) is 5.10 Å². The Labute approximate surface area is 84.2 Å². The van der Waals surface area contributed by atoms with Crippen molar-refractivity contribution >= 4 is 22.1 Å². The van der Waals surface area contributed by atoms with Gasteiger partial charge in [0.05, 0.1) is 11.6 Å². The zero-order valence-corrected chi connectivity index (χ0v) is 7.68. The molecule has 0 radical (unpaired) electrons. The lowest BCUT2D eigenvalue weighted by molar-refractivity contribution is 0.656. The second kappa shape index (κ2) is 2.88. The van der Waals surface area contributed by atoms with Gasteiger partial charge in [0.1, 0.15) is 5.58 Å². The van der Waals surface area contributed by atoms with Gasteiger partial charge in [-0.25, -0.2) is 0 Å². The van der Waals surface area contributed by atoms with Crippen molar-refractivity contribution in [3.63, 3.8) is 0 Å². The van der Waals surface area contributed by atoms with Crippen molar-refractivity contribution < 1.29 is 4.42 Å². The minimum Gasteiger partial charge on any atom is -0.454 e. The Bertz CT molecular complexity index is 646. The molecule has 4 nitrogen and oxygen atoms in total. The molecule has 0 aliphatic heterocycles. The largest absolute Gasteiger partial charge is 0.454 e. The first kappa shape index (κ1) is 8.11. The monoisotopic (exact) mass is 198 g/mol. The van der Waals surface area contributed by atoms with E-state index < -0.39 is 0 Å². The van der Waals surface area contributed by atoms with E-state index in [4.69, 9.17) is 4.42 Å². The van der Waals surface area contributed by atoms with Gasteiger partial charge in [0.15, 0.2) is 11.1 Å². The number of para-hydroxylation sites is 1. The van der Waals surface area contributed by atoms with Gasteiger partial charge in [-0.2, -0.15) is 5.10 Å². The van der Waals surface area contributed by atoms with Crippen LogP contribution in [0.1, 0.15) is 0 Å². The summed E-state index contributed by atoms with van der Waals surface area (Å²) in [7, 11) is 0. The Balaban J connectivity index is 2.66. The Morgan fingerprint density at radius 2 is 1.93 bits per heavy atom. The van der Waals surface area contributed by atoms with Gasteiger partial charge >= 0.3 is 0 Å². The van der Waals surface area contributed by atoms with Crippen LogP contribution in [0.25, 0.3) is 22.1 Å². The van der Waals surface area contributed by atoms with E-state index in [9.17, 15) is 4.79 Å². The third kappa shape index (κ3) is 1.11. The highest BCUT2D eigenvalue weighted by molar-refractivity contribution is 5.86. The van der Waals surface area contributed by atoms with Gasteiger partial charge < -0.3 is 4.42 Å². The van der Waals surface area contributed by atoms with Crippen LogP contribution in [0.4, 0.5) is 0 Å². The Kier molecular flexibility index (Phi) is 1.56. The maximum Gasteiger partial charge on any atom is 0.220 e. The second-order valence-corrected chi connectivity index (χ2v) is 3.17. The van der Waals surface area contributed by atoms with Crippen molar-refractivity contribution in [2.75, 3.05) is 0 Å². The third-order valence-corrected chi connectivity index (χ3v) is 2.25. The summed E-state index contributed by atoms with van der Waals surface area (Å²) in [6.45, 7) is 0. The van der Waals surface area contributed by atoms with Crippen molar-refractivity contribution in [1.29, 1.82) is 0 Å². The van der Waals surface area contributed by atoms with E-state index in [1.807, 2.05) is 6.07 Å². The van der Waals surface area contributed by atoms with Gasteiger partial charge in [-0.05, 0) is 12.1 Å². The van der Waals surface area contributed by atoms with Gasteiger partial charge in [0.2, 0.25) is 5.43 Å². The van der Waals surface area contributed by atoms with Crippen LogP contribution in [0.3, 0.4) is 0 Å². The maximum absolute atomic E-state index is 11.9. The highest BCUT2D eigenvalue weighted by Crippen LogP contribution is 2.15. The molecule has 0 N–H and O–H groups in total. The molecule has 3 rings (SSSR count).